The van der Waals surface area contributed by atoms with Gasteiger partial charge >= 0.3 is 0 Å². The zero-order valence-corrected chi connectivity index (χ0v) is 12.1. The Morgan fingerprint density at radius 3 is 2.47 bits per heavy atom. The van der Waals surface area contributed by atoms with Gasteiger partial charge in [-0.25, -0.2) is 0 Å². The first kappa shape index (κ1) is 13.3. The van der Waals surface area contributed by atoms with Crippen LogP contribution in [0, 0.1) is 5.41 Å². The molecule has 3 heteroatoms. The molecule has 1 fully saturated rings. The highest BCUT2D eigenvalue weighted by Crippen LogP contribution is 2.35. The van der Waals surface area contributed by atoms with Gasteiger partial charge in [-0.3, -0.25) is 4.99 Å². The summed E-state index contributed by atoms with van der Waals surface area (Å²) in [6.45, 7) is 5.64. The fraction of sp³-hybridized carbons (Fsp3) is 0.929. The molecule has 2 nitrogen and oxygen atoms in total. The fourth-order valence-corrected chi connectivity index (χ4v) is 4.09. The minimum atomic E-state index is 0.475. The van der Waals surface area contributed by atoms with Gasteiger partial charge in [-0.1, -0.05) is 44.9 Å². The van der Waals surface area contributed by atoms with Gasteiger partial charge in [0.2, 0.25) is 0 Å². The molecule has 0 saturated heterocycles. The number of thioether (sulfide) groups is 1. The van der Waals surface area contributed by atoms with E-state index < -0.39 is 0 Å². The summed E-state index contributed by atoms with van der Waals surface area (Å²) < 4.78 is 0. The molecule has 0 unspecified atom stereocenters. The second kappa shape index (κ2) is 6.12. The van der Waals surface area contributed by atoms with E-state index in [1.54, 1.807) is 0 Å². The molecule has 0 aromatic heterocycles. The molecule has 0 amide bonds. The van der Waals surface area contributed by atoms with Crippen molar-refractivity contribution >= 4 is 16.9 Å². The molecular weight excluding hydrogens is 228 g/mol. The van der Waals surface area contributed by atoms with Crippen molar-refractivity contribution in [3.05, 3.63) is 0 Å². The summed E-state index contributed by atoms with van der Waals surface area (Å²) in [7, 11) is 0. The van der Waals surface area contributed by atoms with Crippen LogP contribution in [0.15, 0.2) is 4.99 Å². The van der Waals surface area contributed by atoms with Crippen LogP contribution in [-0.4, -0.2) is 23.5 Å². The maximum atomic E-state index is 4.79. The van der Waals surface area contributed by atoms with Crippen molar-refractivity contribution in [1.29, 1.82) is 0 Å². The number of nitrogens with zero attached hydrogens (tertiary/aromatic N) is 1. The summed E-state index contributed by atoms with van der Waals surface area (Å²) >= 11 is 1.95. The highest BCUT2D eigenvalue weighted by atomic mass is 32.2. The van der Waals surface area contributed by atoms with Crippen LogP contribution in [0.25, 0.3) is 0 Å². The third-order valence-electron chi connectivity index (χ3n) is 4.51. The summed E-state index contributed by atoms with van der Waals surface area (Å²) in [5, 5.41) is 4.87. The molecule has 0 aromatic carbocycles. The van der Waals surface area contributed by atoms with Gasteiger partial charge in [0.15, 0.2) is 5.17 Å². The number of hydrogen-bond acceptors (Lipinski definition) is 3. The Bertz CT molecular complexity index is 265. The largest absolute Gasteiger partial charge is 0.362 e. The van der Waals surface area contributed by atoms with Crippen LogP contribution < -0.4 is 5.32 Å². The molecule has 98 valence electrons. The Labute approximate surface area is 110 Å². The lowest BCUT2D eigenvalue weighted by Gasteiger charge is -2.34. The van der Waals surface area contributed by atoms with Gasteiger partial charge in [-0.15, -0.1) is 0 Å². The van der Waals surface area contributed by atoms with Crippen molar-refractivity contribution < 1.29 is 0 Å². The number of rotatable bonds is 3. The van der Waals surface area contributed by atoms with Crippen molar-refractivity contribution in [2.24, 2.45) is 10.4 Å². The second-order valence-corrected chi connectivity index (χ2v) is 6.56. The van der Waals surface area contributed by atoms with E-state index >= 15 is 0 Å². The Hall–Kier alpha value is -0.180. The number of amidine groups is 1. The molecule has 2 rings (SSSR count). The molecule has 0 radical (unpaired) electrons. The average Bonchev–Trinajstić information content (AvgIpc) is 2.41. The van der Waals surface area contributed by atoms with E-state index in [4.69, 9.17) is 4.99 Å². The maximum absolute atomic E-state index is 4.79. The standard InChI is InChI=1S/C14H26N2S/c1-3-14(4-2)10-15-13(17-11-14)16-12-8-6-5-7-9-12/h12H,3-11H2,1-2H3,(H,15,16). The molecular formula is C14H26N2S. The average molecular weight is 254 g/mol. The first-order valence-electron chi connectivity index (χ1n) is 7.22. The van der Waals surface area contributed by atoms with Crippen LogP contribution in [0.2, 0.25) is 0 Å². The van der Waals surface area contributed by atoms with E-state index in [0.29, 0.717) is 11.5 Å². The Morgan fingerprint density at radius 1 is 1.24 bits per heavy atom. The molecule has 1 heterocycles. The number of nitrogens with one attached hydrogen (secondary N) is 1. The predicted octanol–water partition coefficient (Wildman–Crippen LogP) is 3.82. The van der Waals surface area contributed by atoms with Crippen molar-refractivity contribution in [3.8, 4) is 0 Å². The Balaban J connectivity index is 1.85. The summed E-state index contributed by atoms with van der Waals surface area (Å²) in [5.41, 5.74) is 0.475. The molecule has 1 N–H and O–H groups in total. The van der Waals surface area contributed by atoms with Crippen LogP contribution in [0.1, 0.15) is 58.8 Å². The van der Waals surface area contributed by atoms with Crippen LogP contribution >= 0.6 is 11.8 Å². The fourth-order valence-electron chi connectivity index (χ4n) is 2.74. The van der Waals surface area contributed by atoms with Crippen LogP contribution in [0.3, 0.4) is 0 Å². The van der Waals surface area contributed by atoms with E-state index in [1.165, 1.54) is 55.9 Å². The molecule has 17 heavy (non-hydrogen) atoms. The summed E-state index contributed by atoms with van der Waals surface area (Å²) in [6.07, 6.45) is 9.41. The molecule has 0 bridgehead atoms. The van der Waals surface area contributed by atoms with Crippen LogP contribution in [0.5, 0.6) is 0 Å². The third kappa shape index (κ3) is 3.40. The molecule has 1 aliphatic heterocycles. The highest BCUT2D eigenvalue weighted by molar-refractivity contribution is 8.13. The molecule has 2 aliphatic rings. The van der Waals surface area contributed by atoms with Crippen molar-refractivity contribution in [3.63, 3.8) is 0 Å². The summed E-state index contributed by atoms with van der Waals surface area (Å²) in [6, 6.07) is 0.700. The zero-order valence-electron chi connectivity index (χ0n) is 11.3. The zero-order chi connectivity index (χ0) is 12.1. The van der Waals surface area contributed by atoms with Gasteiger partial charge in [0, 0.05) is 18.3 Å². The van der Waals surface area contributed by atoms with Crippen molar-refractivity contribution in [1.82, 2.24) is 5.32 Å². The Kier molecular flexibility index (Phi) is 4.78. The van der Waals surface area contributed by atoms with E-state index in [9.17, 15) is 0 Å². The summed E-state index contributed by atoms with van der Waals surface area (Å²) in [5.74, 6) is 1.25. The van der Waals surface area contributed by atoms with Crippen molar-refractivity contribution in [2.45, 2.75) is 64.8 Å². The highest BCUT2D eigenvalue weighted by Gasteiger charge is 2.30. The van der Waals surface area contributed by atoms with E-state index in [1.807, 2.05) is 11.8 Å². The first-order chi connectivity index (χ1) is 8.28. The lowest BCUT2D eigenvalue weighted by Crippen LogP contribution is -2.39. The van der Waals surface area contributed by atoms with Gasteiger partial charge < -0.3 is 5.32 Å². The van der Waals surface area contributed by atoms with Crippen molar-refractivity contribution in [2.75, 3.05) is 12.3 Å². The minimum Gasteiger partial charge on any atom is -0.362 e. The van der Waals surface area contributed by atoms with Gasteiger partial charge in [-0.2, -0.15) is 0 Å². The molecule has 1 saturated carbocycles. The topological polar surface area (TPSA) is 24.4 Å². The second-order valence-electron chi connectivity index (χ2n) is 5.60. The smallest absolute Gasteiger partial charge is 0.156 e. The summed E-state index contributed by atoms with van der Waals surface area (Å²) in [4.78, 5) is 4.79. The van der Waals surface area contributed by atoms with E-state index in [-0.39, 0.29) is 0 Å². The molecule has 1 aliphatic carbocycles. The quantitative estimate of drug-likeness (QED) is 0.828. The third-order valence-corrected chi connectivity index (χ3v) is 5.78. The van der Waals surface area contributed by atoms with Gasteiger partial charge in [0.05, 0.1) is 0 Å². The lowest BCUT2D eigenvalue weighted by molar-refractivity contribution is 0.317. The first-order valence-corrected chi connectivity index (χ1v) is 8.20. The lowest BCUT2D eigenvalue weighted by atomic mass is 9.84. The SMILES string of the molecule is CCC1(CC)CN=C(NC2CCCCC2)SC1. The normalized spacial score (nSPS) is 25.4. The van der Waals surface area contributed by atoms with Crippen LogP contribution in [-0.2, 0) is 0 Å². The van der Waals surface area contributed by atoms with Gasteiger partial charge in [-0.05, 0) is 31.1 Å². The van der Waals surface area contributed by atoms with Gasteiger partial charge in [0.1, 0.15) is 0 Å². The Morgan fingerprint density at radius 2 is 1.94 bits per heavy atom. The minimum absolute atomic E-state index is 0.475. The molecule has 0 atom stereocenters. The van der Waals surface area contributed by atoms with Gasteiger partial charge in [0.25, 0.3) is 0 Å². The maximum Gasteiger partial charge on any atom is 0.156 e. The molecule has 0 aromatic rings. The number of aliphatic imine (C=N–C) groups is 1. The van der Waals surface area contributed by atoms with E-state index in [2.05, 4.69) is 19.2 Å². The predicted molar refractivity (Wildman–Crippen MR) is 77.8 cm³/mol. The monoisotopic (exact) mass is 254 g/mol. The molecule has 0 spiro atoms. The van der Waals surface area contributed by atoms with Crippen LogP contribution in [0.4, 0.5) is 0 Å². The number of hydrogen-bond donors (Lipinski definition) is 1. The van der Waals surface area contributed by atoms with E-state index in [0.717, 1.165) is 6.54 Å².